The maximum atomic E-state index is 11.5. The van der Waals surface area contributed by atoms with Crippen LogP contribution in [0, 0.1) is 5.41 Å². The van der Waals surface area contributed by atoms with Crippen LogP contribution in [-0.4, -0.2) is 35.5 Å². The first-order valence-corrected chi connectivity index (χ1v) is 5.60. The molecule has 0 spiro atoms. The van der Waals surface area contributed by atoms with Gasteiger partial charge in [-0.3, -0.25) is 9.59 Å². The van der Waals surface area contributed by atoms with E-state index in [2.05, 4.69) is 17.2 Å². The molecule has 0 aromatic rings. The van der Waals surface area contributed by atoms with E-state index in [0.29, 0.717) is 0 Å². The molecule has 6 heteroatoms. The minimum Gasteiger partial charge on any atom is -0.480 e. The molecule has 1 atom stereocenters. The molecule has 0 aromatic carbocycles. The number of rotatable bonds is 6. The monoisotopic (exact) mass is 256 g/mol. The Balaban J connectivity index is 4.22. The molecule has 0 aliphatic rings. The molecular formula is C12H20N2O4. The van der Waals surface area contributed by atoms with Gasteiger partial charge in [-0.15, -0.1) is 6.58 Å². The Bertz CT molecular complexity index is 344. The lowest BCUT2D eigenvalue weighted by Crippen LogP contribution is -2.47. The Hall–Kier alpha value is -1.85. The number of amides is 2. The highest BCUT2D eigenvalue weighted by atomic mass is 16.4. The molecule has 1 unspecified atom stereocenters. The summed E-state index contributed by atoms with van der Waals surface area (Å²) in [4.78, 5) is 33.7. The van der Waals surface area contributed by atoms with Gasteiger partial charge in [0.1, 0.15) is 6.04 Å². The Labute approximate surface area is 106 Å². The number of hydrogen-bond donors (Lipinski definition) is 3. The highest BCUT2D eigenvalue weighted by Crippen LogP contribution is 2.11. The zero-order chi connectivity index (χ0) is 14.3. The molecule has 102 valence electrons. The fourth-order valence-corrected chi connectivity index (χ4v) is 1.06. The molecule has 0 saturated heterocycles. The summed E-state index contributed by atoms with van der Waals surface area (Å²) in [7, 11) is 0. The van der Waals surface area contributed by atoms with Gasteiger partial charge in [0.05, 0.1) is 6.54 Å². The van der Waals surface area contributed by atoms with Crippen molar-refractivity contribution >= 4 is 17.8 Å². The fourth-order valence-electron chi connectivity index (χ4n) is 1.06. The number of carboxylic acids is 1. The number of carbonyl (C=O) groups excluding carboxylic acids is 2. The average molecular weight is 256 g/mol. The summed E-state index contributed by atoms with van der Waals surface area (Å²) in [5.41, 5.74) is -0.590. The summed E-state index contributed by atoms with van der Waals surface area (Å²) < 4.78 is 0. The summed E-state index contributed by atoms with van der Waals surface area (Å²) in [5.74, 6) is -1.94. The first-order chi connectivity index (χ1) is 8.18. The normalized spacial score (nSPS) is 12.4. The highest BCUT2D eigenvalue weighted by Gasteiger charge is 2.23. The lowest BCUT2D eigenvalue weighted by Gasteiger charge is -2.18. The first-order valence-electron chi connectivity index (χ1n) is 5.60. The molecule has 6 nitrogen and oxygen atoms in total. The van der Waals surface area contributed by atoms with Crippen molar-refractivity contribution in [2.45, 2.75) is 33.2 Å². The highest BCUT2D eigenvalue weighted by molar-refractivity contribution is 5.89. The van der Waals surface area contributed by atoms with Crippen LogP contribution in [0.4, 0.5) is 0 Å². The predicted molar refractivity (Wildman–Crippen MR) is 66.8 cm³/mol. The van der Waals surface area contributed by atoms with Crippen molar-refractivity contribution in [2.75, 3.05) is 6.54 Å². The van der Waals surface area contributed by atoms with Crippen molar-refractivity contribution in [1.82, 2.24) is 10.6 Å². The Kier molecular flexibility index (Phi) is 6.08. The third-order valence-corrected chi connectivity index (χ3v) is 2.13. The maximum Gasteiger partial charge on any atom is 0.326 e. The van der Waals surface area contributed by atoms with E-state index >= 15 is 0 Å². The van der Waals surface area contributed by atoms with E-state index in [1.807, 2.05) is 0 Å². The number of aliphatic carboxylic acids is 1. The van der Waals surface area contributed by atoms with Gasteiger partial charge in [0, 0.05) is 5.41 Å². The average Bonchev–Trinajstić information content (AvgIpc) is 2.23. The summed E-state index contributed by atoms with van der Waals surface area (Å²) >= 11 is 0. The third-order valence-electron chi connectivity index (χ3n) is 2.13. The van der Waals surface area contributed by atoms with Crippen LogP contribution in [0.1, 0.15) is 27.2 Å². The van der Waals surface area contributed by atoms with E-state index < -0.39 is 23.3 Å². The lowest BCUT2D eigenvalue weighted by atomic mass is 9.96. The molecule has 0 fully saturated rings. The van der Waals surface area contributed by atoms with Crippen molar-refractivity contribution in [3.63, 3.8) is 0 Å². The molecule has 3 N–H and O–H groups in total. The second kappa shape index (κ2) is 6.78. The molecule has 0 aromatic heterocycles. The number of hydrogen-bond acceptors (Lipinski definition) is 3. The van der Waals surface area contributed by atoms with Gasteiger partial charge in [0.2, 0.25) is 11.8 Å². The quantitative estimate of drug-likeness (QED) is 0.595. The van der Waals surface area contributed by atoms with Gasteiger partial charge in [-0.2, -0.15) is 0 Å². The summed E-state index contributed by atoms with van der Waals surface area (Å²) in [6, 6.07) is -1.01. The molecule has 0 heterocycles. The van der Waals surface area contributed by atoms with Crippen LogP contribution >= 0.6 is 0 Å². The zero-order valence-corrected chi connectivity index (χ0v) is 10.9. The van der Waals surface area contributed by atoms with Crippen LogP contribution in [0.2, 0.25) is 0 Å². The van der Waals surface area contributed by atoms with E-state index in [4.69, 9.17) is 5.11 Å². The number of carbonyl (C=O) groups is 3. The van der Waals surface area contributed by atoms with Crippen LogP contribution in [0.15, 0.2) is 12.7 Å². The van der Waals surface area contributed by atoms with Crippen molar-refractivity contribution in [1.29, 1.82) is 0 Å². The van der Waals surface area contributed by atoms with Crippen molar-refractivity contribution in [3.8, 4) is 0 Å². The van der Waals surface area contributed by atoms with E-state index in [1.165, 1.54) is 6.08 Å². The van der Waals surface area contributed by atoms with E-state index in [1.54, 1.807) is 20.8 Å². The number of carboxylic acid groups (broad SMARTS) is 1. The molecule has 18 heavy (non-hydrogen) atoms. The topological polar surface area (TPSA) is 95.5 Å². The van der Waals surface area contributed by atoms with Gasteiger partial charge >= 0.3 is 5.97 Å². The Morgan fingerprint density at radius 1 is 1.33 bits per heavy atom. The van der Waals surface area contributed by atoms with Crippen molar-refractivity contribution in [3.05, 3.63) is 12.7 Å². The molecule has 0 radical (unpaired) electrons. The lowest BCUT2D eigenvalue weighted by molar-refractivity contribution is -0.141. The third kappa shape index (κ3) is 6.03. The molecule has 0 aliphatic heterocycles. The second-order valence-corrected chi connectivity index (χ2v) is 4.92. The number of nitrogens with one attached hydrogen (secondary N) is 2. The van der Waals surface area contributed by atoms with Crippen LogP contribution in [0.3, 0.4) is 0 Å². The van der Waals surface area contributed by atoms with Crippen LogP contribution in [0.25, 0.3) is 0 Å². The SMILES string of the molecule is C=CCC(NC(=O)CNC(=O)C(C)(C)C)C(=O)O. The van der Waals surface area contributed by atoms with Crippen LogP contribution in [-0.2, 0) is 14.4 Å². The minimum atomic E-state index is -1.13. The van der Waals surface area contributed by atoms with Gasteiger partial charge in [0.25, 0.3) is 0 Å². The van der Waals surface area contributed by atoms with Gasteiger partial charge in [-0.05, 0) is 6.42 Å². The van der Waals surface area contributed by atoms with Crippen LogP contribution < -0.4 is 10.6 Å². The smallest absolute Gasteiger partial charge is 0.326 e. The molecular weight excluding hydrogens is 236 g/mol. The minimum absolute atomic E-state index is 0.133. The molecule has 2 amide bonds. The maximum absolute atomic E-state index is 11.5. The van der Waals surface area contributed by atoms with E-state index in [-0.39, 0.29) is 18.9 Å². The summed E-state index contributed by atoms with van der Waals surface area (Å²) in [6.07, 6.45) is 1.54. The zero-order valence-electron chi connectivity index (χ0n) is 10.9. The Morgan fingerprint density at radius 2 is 1.89 bits per heavy atom. The van der Waals surface area contributed by atoms with Crippen molar-refractivity contribution in [2.24, 2.45) is 5.41 Å². The predicted octanol–water partition coefficient (Wildman–Crippen LogP) is 0.294. The van der Waals surface area contributed by atoms with E-state index in [9.17, 15) is 14.4 Å². The molecule has 0 aliphatic carbocycles. The van der Waals surface area contributed by atoms with Gasteiger partial charge < -0.3 is 15.7 Å². The largest absolute Gasteiger partial charge is 0.480 e. The summed E-state index contributed by atoms with van der Waals surface area (Å²) in [5, 5.41) is 13.5. The molecule has 0 bridgehead atoms. The van der Waals surface area contributed by atoms with Gasteiger partial charge in [-0.25, -0.2) is 4.79 Å². The summed E-state index contributed by atoms with van der Waals surface area (Å²) in [6.45, 7) is 8.33. The fraction of sp³-hybridized carbons (Fsp3) is 0.583. The molecule has 0 rings (SSSR count). The Morgan fingerprint density at radius 3 is 2.28 bits per heavy atom. The standard InChI is InChI=1S/C12H20N2O4/c1-5-6-8(10(16)17)14-9(15)7-13-11(18)12(2,3)4/h5,8H,1,6-7H2,2-4H3,(H,13,18)(H,14,15)(H,16,17). The van der Waals surface area contributed by atoms with E-state index in [0.717, 1.165) is 0 Å². The first kappa shape index (κ1) is 16.1. The van der Waals surface area contributed by atoms with Gasteiger partial charge in [0.15, 0.2) is 0 Å². The van der Waals surface area contributed by atoms with Crippen LogP contribution in [0.5, 0.6) is 0 Å². The second-order valence-electron chi connectivity index (χ2n) is 4.92. The van der Waals surface area contributed by atoms with Crippen molar-refractivity contribution < 1.29 is 19.5 Å². The molecule has 0 saturated carbocycles. The van der Waals surface area contributed by atoms with Gasteiger partial charge in [-0.1, -0.05) is 26.8 Å².